The monoisotopic (exact) mass is 151 g/mol. The average molecular weight is 151 g/mol. The summed E-state index contributed by atoms with van der Waals surface area (Å²) in [5.41, 5.74) is 1.96. The highest BCUT2D eigenvalue weighted by atomic mass is 15.1. The molecule has 1 nitrogen and oxygen atoms in total. The molecule has 0 aliphatic carbocycles. The lowest BCUT2D eigenvalue weighted by atomic mass is 10.1. The molecule has 0 amide bonds. The Morgan fingerprint density at radius 3 is 2.09 bits per heavy atom. The van der Waals surface area contributed by atoms with Crippen LogP contribution in [-0.2, 0) is 0 Å². The topological polar surface area (TPSA) is 3.24 Å². The molecule has 0 heterocycles. The van der Waals surface area contributed by atoms with Crippen LogP contribution in [0.15, 0.2) is 37.2 Å². The van der Waals surface area contributed by atoms with E-state index in [0.717, 1.165) is 11.4 Å². The average Bonchev–Trinajstić information content (AvgIpc) is 2.00. The Bertz CT molecular complexity index is 177. The first-order valence-electron chi connectivity index (χ1n) is 3.74. The third-order valence-corrected chi connectivity index (χ3v) is 1.76. The highest BCUT2D eigenvalue weighted by molar-refractivity contribution is 5.16. The van der Waals surface area contributed by atoms with Crippen LogP contribution < -0.4 is 0 Å². The van der Waals surface area contributed by atoms with Gasteiger partial charge in [0.2, 0.25) is 0 Å². The highest BCUT2D eigenvalue weighted by Crippen LogP contribution is 2.15. The van der Waals surface area contributed by atoms with Gasteiger partial charge in [0.1, 0.15) is 0 Å². The fraction of sp³-hybridized carbons (Fsp3) is 0.400. The SMILES string of the molecule is C=CC(=C)N(C)C(=C)C(C)C. The van der Waals surface area contributed by atoms with Crippen LogP contribution in [0.1, 0.15) is 13.8 Å². The molecule has 0 saturated heterocycles. The van der Waals surface area contributed by atoms with Crippen LogP contribution in [0.25, 0.3) is 0 Å². The predicted molar refractivity (Wildman–Crippen MR) is 51.1 cm³/mol. The quantitative estimate of drug-likeness (QED) is 0.558. The second kappa shape index (κ2) is 4.02. The summed E-state index contributed by atoms with van der Waals surface area (Å²) in [6.07, 6.45) is 1.73. The first kappa shape index (κ1) is 10.0. The Morgan fingerprint density at radius 2 is 1.82 bits per heavy atom. The molecule has 0 aromatic rings. The molecule has 11 heavy (non-hydrogen) atoms. The van der Waals surface area contributed by atoms with Crippen molar-refractivity contribution in [2.75, 3.05) is 7.05 Å². The molecule has 0 aliphatic rings. The van der Waals surface area contributed by atoms with Crippen molar-refractivity contribution in [3.05, 3.63) is 37.2 Å². The Hall–Kier alpha value is -0.980. The third-order valence-electron chi connectivity index (χ3n) is 1.76. The van der Waals surface area contributed by atoms with Gasteiger partial charge in [-0.05, 0) is 12.0 Å². The summed E-state index contributed by atoms with van der Waals surface area (Å²) in [7, 11) is 1.95. The summed E-state index contributed by atoms with van der Waals surface area (Å²) in [6.45, 7) is 15.6. The lowest BCUT2D eigenvalue weighted by Gasteiger charge is -2.24. The second-order valence-corrected chi connectivity index (χ2v) is 2.90. The third kappa shape index (κ3) is 2.62. The van der Waals surface area contributed by atoms with Gasteiger partial charge in [-0.3, -0.25) is 0 Å². The zero-order valence-electron chi connectivity index (χ0n) is 7.72. The minimum absolute atomic E-state index is 0.455. The van der Waals surface area contributed by atoms with Crippen LogP contribution in [0.4, 0.5) is 0 Å². The molecule has 0 rings (SSSR count). The lowest BCUT2D eigenvalue weighted by Crippen LogP contribution is -2.17. The Balaban J connectivity index is 4.24. The maximum atomic E-state index is 3.94. The molecule has 1 heteroatoms. The van der Waals surface area contributed by atoms with E-state index in [9.17, 15) is 0 Å². The van der Waals surface area contributed by atoms with Gasteiger partial charge in [0.25, 0.3) is 0 Å². The molecular weight excluding hydrogens is 134 g/mol. The van der Waals surface area contributed by atoms with Crippen molar-refractivity contribution in [2.24, 2.45) is 5.92 Å². The van der Waals surface area contributed by atoms with Gasteiger partial charge in [0.15, 0.2) is 0 Å². The minimum Gasteiger partial charge on any atom is -0.349 e. The number of likely N-dealkylation sites (N-methyl/N-ethyl adjacent to an activating group) is 1. The zero-order chi connectivity index (χ0) is 9.02. The summed E-state index contributed by atoms with van der Waals surface area (Å²) in [5, 5.41) is 0. The van der Waals surface area contributed by atoms with Gasteiger partial charge in [-0.2, -0.15) is 0 Å². The molecule has 0 saturated carbocycles. The first-order chi connectivity index (χ1) is 5.00. The van der Waals surface area contributed by atoms with Gasteiger partial charge < -0.3 is 4.90 Å². The smallest absolute Gasteiger partial charge is 0.0326 e. The lowest BCUT2D eigenvalue weighted by molar-refractivity contribution is 0.470. The Kier molecular flexibility index (Phi) is 3.66. The van der Waals surface area contributed by atoms with E-state index in [1.807, 2.05) is 11.9 Å². The van der Waals surface area contributed by atoms with Crippen LogP contribution in [0.3, 0.4) is 0 Å². The van der Waals surface area contributed by atoms with E-state index < -0.39 is 0 Å². The van der Waals surface area contributed by atoms with Crippen LogP contribution >= 0.6 is 0 Å². The fourth-order valence-corrected chi connectivity index (χ4v) is 0.709. The van der Waals surface area contributed by atoms with E-state index in [0.29, 0.717) is 5.92 Å². The van der Waals surface area contributed by atoms with Crippen molar-refractivity contribution in [1.29, 1.82) is 0 Å². The van der Waals surface area contributed by atoms with Crippen LogP contribution in [0.2, 0.25) is 0 Å². The summed E-state index contributed by atoms with van der Waals surface area (Å²) in [5.74, 6) is 0.455. The van der Waals surface area contributed by atoms with Gasteiger partial charge in [-0.1, -0.05) is 33.6 Å². The summed E-state index contributed by atoms with van der Waals surface area (Å²) < 4.78 is 0. The molecule has 0 atom stereocenters. The van der Waals surface area contributed by atoms with Crippen LogP contribution in [0, 0.1) is 5.92 Å². The van der Waals surface area contributed by atoms with E-state index in [4.69, 9.17) is 0 Å². The van der Waals surface area contributed by atoms with Gasteiger partial charge in [-0.15, -0.1) is 0 Å². The molecule has 0 N–H and O–H groups in total. The number of hydrogen-bond donors (Lipinski definition) is 0. The number of nitrogens with zero attached hydrogens (tertiary/aromatic N) is 1. The maximum absolute atomic E-state index is 3.94. The van der Waals surface area contributed by atoms with Gasteiger partial charge in [0.05, 0.1) is 0 Å². The van der Waals surface area contributed by atoms with Crippen molar-refractivity contribution in [3.63, 3.8) is 0 Å². The van der Waals surface area contributed by atoms with Crippen molar-refractivity contribution < 1.29 is 0 Å². The fourth-order valence-electron chi connectivity index (χ4n) is 0.709. The Morgan fingerprint density at radius 1 is 1.36 bits per heavy atom. The number of rotatable bonds is 4. The number of allylic oxidation sites excluding steroid dienone is 2. The largest absolute Gasteiger partial charge is 0.349 e. The maximum Gasteiger partial charge on any atom is 0.0326 e. The van der Waals surface area contributed by atoms with E-state index in [-0.39, 0.29) is 0 Å². The summed E-state index contributed by atoms with van der Waals surface area (Å²) >= 11 is 0. The van der Waals surface area contributed by atoms with Crippen molar-refractivity contribution in [3.8, 4) is 0 Å². The van der Waals surface area contributed by atoms with Crippen LogP contribution in [-0.4, -0.2) is 11.9 Å². The van der Waals surface area contributed by atoms with Gasteiger partial charge in [-0.25, -0.2) is 0 Å². The van der Waals surface area contributed by atoms with E-state index in [2.05, 4.69) is 33.6 Å². The highest BCUT2D eigenvalue weighted by Gasteiger charge is 2.06. The van der Waals surface area contributed by atoms with E-state index >= 15 is 0 Å². The molecule has 0 bridgehead atoms. The molecule has 0 radical (unpaired) electrons. The minimum atomic E-state index is 0.455. The van der Waals surface area contributed by atoms with Gasteiger partial charge in [0, 0.05) is 18.4 Å². The molecule has 0 fully saturated rings. The molecule has 0 aliphatic heterocycles. The molecular formula is C10H17N. The molecule has 0 spiro atoms. The summed E-state index contributed by atoms with van der Waals surface area (Å²) in [4.78, 5) is 1.96. The van der Waals surface area contributed by atoms with E-state index in [1.54, 1.807) is 6.08 Å². The summed E-state index contributed by atoms with van der Waals surface area (Å²) in [6, 6.07) is 0. The zero-order valence-corrected chi connectivity index (χ0v) is 7.72. The Labute approximate surface area is 69.7 Å². The predicted octanol–water partition coefficient (Wildman–Crippen LogP) is 2.79. The van der Waals surface area contributed by atoms with Gasteiger partial charge >= 0.3 is 0 Å². The van der Waals surface area contributed by atoms with Crippen molar-refractivity contribution >= 4 is 0 Å². The molecule has 0 aromatic carbocycles. The second-order valence-electron chi connectivity index (χ2n) is 2.90. The standard InChI is InChI=1S/C10H17N/c1-7-9(4)11(6)10(5)8(2)3/h7-8H,1,4-5H2,2-3,6H3. The molecule has 0 aromatic heterocycles. The van der Waals surface area contributed by atoms with E-state index in [1.165, 1.54) is 0 Å². The molecule has 62 valence electrons. The number of hydrogen-bond acceptors (Lipinski definition) is 1. The normalized spacial score (nSPS) is 9.45. The van der Waals surface area contributed by atoms with Crippen molar-refractivity contribution in [1.82, 2.24) is 4.90 Å². The van der Waals surface area contributed by atoms with Crippen LogP contribution in [0.5, 0.6) is 0 Å². The van der Waals surface area contributed by atoms with Crippen molar-refractivity contribution in [2.45, 2.75) is 13.8 Å². The first-order valence-corrected chi connectivity index (χ1v) is 3.74. The molecule has 0 unspecified atom stereocenters.